The van der Waals surface area contributed by atoms with Crippen LogP contribution < -0.4 is 10.1 Å². The summed E-state index contributed by atoms with van der Waals surface area (Å²) < 4.78 is 5.57. The van der Waals surface area contributed by atoms with E-state index in [-0.39, 0.29) is 0 Å². The van der Waals surface area contributed by atoms with Gasteiger partial charge in [-0.1, -0.05) is 26.0 Å². The summed E-state index contributed by atoms with van der Waals surface area (Å²) in [5.41, 5.74) is 1.36. The Morgan fingerprint density at radius 1 is 1.20 bits per heavy atom. The van der Waals surface area contributed by atoms with Crippen molar-refractivity contribution in [1.29, 1.82) is 0 Å². The summed E-state index contributed by atoms with van der Waals surface area (Å²) in [6, 6.07) is 8.86. The van der Waals surface area contributed by atoms with Crippen molar-refractivity contribution in [3.63, 3.8) is 0 Å². The summed E-state index contributed by atoms with van der Waals surface area (Å²) in [5, 5.41) is 3.70. The maximum Gasteiger partial charge on any atom is 0.118 e. The Kier molecular flexibility index (Phi) is 7.46. The second-order valence-electron chi connectivity index (χ2n) is 5.43. The second-order valence-corrected chi connectivity index (χ2v) is 6.70. The van der Waals surface area contributed by atoms with E-state index in [1.54, 1.807) is 7.11 Å². The van der Waals surface area contributed by atoms with Crippen molar-refractivity contribution >= 4 is 11.8 Å². The number of nitrogens with one attached hydrogen (secondary N) is 1. The number of methoxy groups -OCH3 is 1. The summed E-state index contributed by atoms with van der Waals surface area (Å²) in [5.74, 6) is 0.924. The number of thioether (sulfide) groups is 1. The van der Waals surface area contributed by atoms with Crippen LogP contribution in [0.4, 0.5) is 0 Å². The van der Waals surface area contributed by atoms with Gasteiger partial charge in [0, 0.05) is 17.3 Å². The Hall–Kier alpha value is -0.670. The molecule has 0 fully saturated rings. The van der Waals surface area contributed by atoms with Crippen LogP contribution in [0.15, 0.2) is 24.3 Å². The molecular weight excluding hydrogens is 266 g/mol. The van der Waals surface area contributed by atoms with E-state index >= 15 is 0 Å². The summed E-state index contributed by atoms with van der Waals surface area (Å²) in [4.78, 5) is 0. The Balaban J connectivity index is 2.48. The molecule has 2 nitrogen and oxygen atoms in total. The molecule has 1 aromatic rings. The van der Waals surface area contributed by atoms with Gasteiger partial charge in [0.1, 0.15) is 5.75 Å². The van der Waals surface area contributed by atoms with E-state index in [1.807, 2.05) is 23.9 Å². The van der Waals surface area contributed by atoms with Crippen molar-refractivity contribution < 1.29 is 4.74 Å². The fourth-order valence-corrected chi connectivity index (χ4v) is 3.21. The SMILES string of the molecule is CCC(CC)(CNC(C)Cc1ccc(OC)cc1)SC. The minimum Gasteiger partial charge on any atom is -0.497 e. The zero-order chi connectivity index (χ0) is 15.0. The van der Waals surface area contributed by atoms with E-state index in [2.05, 4.69) is 44.5 Å². The molecule has 0 saturated carbocycles. The Bertz CT molecular complexity index is 365. The van der Waals surface area contributed by atoms with Crippen LogP contribution in [-0.4, -0.2) is 30.7 Å². The first-order valence-corrected chi connectivity index (χ1v) is 8.73. The van der Waals surface area contributed by atoms with Crippen molar-refractivity contribution in [3.8, 4) is 5.75 Å². The molecule has 0 aliphatic carbocycles. The summed E-state index contributed by atoms with van der Waals surface area (Å²) in [7, 11) is 1.71. The standard InChI is InChI=1S/C17H29NOS/c1-6-17(7-2,20-5)13-18-14(3)12-15-8-10-16(19-4)11-9-15/h8-11,14,18H,6-7,12-13H2,1-5H3. The predicted molar refractivity (Wildman–Crippen MR) is 91.0 cm³/mol. The molecule has 20 heavy (non-hydrogen) atoms. The van der Waals surface area contributed by atoms with E-state index in [1.165, 1.54) is 18.4 Å². The predicted octanol–water partition coefficient (Wildman–Crippen LogP) is 4.14. The maximum absolute atomic E-state index is 5.19. The second kappa shape index (κ2) is 8.58. The van der Waals surface area contributed by atoms with Crippen molar-refractivity contribution in [1.82, 2.24) is 5.32 Å². The van der Waals surface area contributed by atoms with Crippen LogP contribution in [0, 0.1) is 0 Å². The molecule has 0 aliphatic heterocycles. The third-order valence-electron chi connectivity index (χ3n) is 4.20. The molecule has 1 rings (SSSR count). The fourth-order valence-electron chi connectivity index (χ4n) is 2.41. The van der Waals surface area contributed by atoms with Crippen LogP contribution in [0.3, 0.4) is 0 Å². The lowest BCUT2D eigenvalue weighted by Crippen LogP contribution is -2.41. The number of rotatable bonds is 9. The van der Waals surface area contributed by atoms with Gasteiger partial charge in [0.15, 0.2) is 0 Å². The van der Waals surface area contributed by atoms with Crippen LogP contribution in [-0.2, 0) is 6.42 Å². The molecule has 1 N–H and O–H groups in total. The fraction of sp³-hybridized carbons (Fsp3) is 0.647. The van der Waals surface area contributed by atoms with Gasteiger partial charge in [-0.2, -0.15) is 11.8 Å². The minimum absolute atomic E-state index is 0.383. The maximum atomic E-state index is 5.19. The highest BCUT2D eigenvalue weighted by Crippen LogP contribution is 2.29. The largest absolute Gasteiger partial charge is 0.497 e. The summed E-state index contributed by atoms with van der Waals surface area (Å²) in [6.07, 6.45) is 5.71. The van der Waals surface area contributed by atoms with Gasteiger partial charge in [0.25, 0.3) is 0 Å². The lowest BCUT2D eigenvalue weighted by Gasteiger charge is -2.31. The molecule has 3 heteroatoms. The highest BCUT2D eigenvalue weighted by Gasteiger charge is 2.24. The van der Waals surface area contributed by atoms with Crippen molar-refractivity contribution in [2.24, 2.45) is 0 Å². The topological polar surface area (TPSA) is 21.3 Å². The lowest BCUT2D eigenvalue weighted by molar-refractivity contribution is 0.414. The zero-order valence-corrected chi connectivity index (χ0v) is 14.3. The molecule has 1 unspecified atom stereocenters. The van der Waals surface area contributed by atoms with Crippen molar-refractivity contribution in [2.75, 3.05) is 19.9 Å². The van der Waals surface area contributed by atoms with Gasteiger partial charge in [-0.05, 0) is 50.1 Å². The molecule has 0 radical (unpaired) electrons. The highest BCUT2D eigenvalue weighted by molar-refractivity contribution is 8.00. The van der Waals surface area contributed by atoms with Gasteiger partial charge in [-0.15, -0.1) is 0 Å². The third kappa shape index (κ3) is 5.02. The molecule has 0 heterocycles. The molecule has 0 bridgehead atoms. The van der Waals surface area contributed by atoms with Crippen LogP contribution in [0.1, 0.15) is 39.2 Å². The molecule has 0 spiro atoms. The van der Waals surface area contributed by atoms with Gasteiger partial charge in [-0.25, -0.2) is 0 Å². The average Bonchev–Trinajstić information content (AvgIpc) is 2.50. The van der Waals surface area contributed by atoms with Crippen LogP contribution in [0.2, 0.25) is 0 Å². The smallest absolute Gasteiger partial charge is 0.118 e. The first kappa shape index (κ1) is 17.4. The van der Waals surface area contributed by atoms with E-state index in [0.29, 0.717) is 10.8 Å². The third-order valence-corrected chi connectivity index (χ3v) is 5.78. The van der Waals surface area contributed by atoms with Gasteiger partial charge in [0.2, 0.25) is 0 Å². The monoisotopic (exact) mass is 295 g/mol. The van der Waals surface area contributed by atoms with Gasteiger partial charge >= 0.3 is 0 Å². The van der Waals surface area contributed by atoms with Gasteiger partial charge < -0.3 is 10.1 Å². The van der Waals surface area contributed by atoms with Gasteiger partial charge in [0.05, 0.1) is 7.11 Å². The van der Waals surface area contributed by atoms with Crippen molar-refractivity contribution in [3.05, 3.63) is 29.8 Å². The molecule has 0 saturated heterocycles. The summed E-state index contributed by atoms with van der Waals surface area (Å²) in [6.45, 7) is 7.92. The normalized spacial score (nSPS) is 13.2. The number of hydrogen-bond donors (Lipinski definition) is 1. The first-order valence-electron chi connectivity index (χ1n) is 7.50. The van der Waals surface area contributed by atoms with Crippen LogP contribution in [0.5, 0.6) is 5.75 Å². The Morgan fingerprint density at radius 3 is 2.25 bits per heavy atom. The van der Waals surface area contributed by atoms with Gasteiger partial charge in [-0.3, -0.25) is 0 Å². The Labute approximate surface area is 128 Å². The molecule has 114 valence electrons. The van der Waals surface area contributed by atoms with Crippen LogP contribution in [0.25, 0.3) is 0 Å². The highest BCUT2D eigenvalue weighted by atomic mass is 32.2. The molecule has 1 aromatic carbocycles. The van der Waals surface area contributed by atoms with Crippen LogP contribution >= 0.6 is 11.8 Å². The average molecular weight is 295 g/mol. The van der Waals surface area contributed by atoms with E-state index < -0.39 is 0 Å². The molecular formula is C17H29NOS. The number of ether oxygens (including phenoxy) is 1. The molecule has 0 aromatic heterocycles. The van der Waals surface area contributed by atoms with E-state index in [0.717, 1.165) is 18.7 Å². The van der Waals surface area contributed by atoms with E-state index in [4.69, 9.17) is 4.74 Å². The summed E-state index contributed by atoms with van der Waals surface area (Å²) >= 11 is 1.99. The number of benzene rings is 1. The first-order chi connectivity index (χ1) is 9.59. The molecule has 0 amide bonds. The minimum atomic E-state index is 0.383. The molecule has 0 aliphatic rings. The lowest BCUT2D eigenvalue weighted by atomic mass is 10.0. The zero-order valence-electron chi connectivity index (χ0n) is 13.5. The Morgan fingerprint density at radius 2 is 1.80 bits per heavy atom. The van der Waals surface area contributed by atoms with Crippen molar-refractivity contribution in [2.45, 2.75) is 50.8 Å². The molecule has 1 atom stereocenters. The number of hydrogen-bond acceptors (Lipinski definition) is 3. The quantitative estimate of drug-likeness (QED) is 0.740. The van der Waals surface area contributed by atoms with E-state index in [9.17, 15) is 0 Å².